The van der Waals surface area contributed by atoms with Crippen LogP contribution < -0.4 is 0 Å². The number of allylic oxidation sites excluding steroid dienone is 2. The van der Waals surface area contributed by atoms with E-state index in [1.165, 1.54) is 13.0 Å². The highest BCUT2D eigenvalue weighted by atomic mass is 16.6. The maximum atomic E-state index is 12.0. The molecular formula is C18H18O4. The molecule has 0 fully saturated rings. The lowest BCUT2D eigenvalue weighted by Gasteiger charge is -2.36. The molecule has 0 bridgehead atoms. The second kappa shape index (κ2) is 6.43. The Morgan fingerprint density at radius 2 is 1.95 bits per heavy atom. The molecule has 0 heterocycles. The number of carbonyl (C=O) groups excluding carboxylic acids is 1. The van der Waals surface area contributed by atoms with Crippen LogP contribution in [0.1, 0.15) is 12.5 Å². The third kappa shape index (κ3) is 3.34. The first-order valence-corrected chi connectivity index (χ1v) is 6.96. The Balaban J connectivity index is 2.41. The van der Waals surface area contributed by atoms with Crippen LogP contribution in [-0.4, -0.2) is 22.6 Å². The fraction of sp³-hybridized carbons (Fsp3) is 0.222. The van der Waals surface area contributed by atoms with E-state index in [-0.39, 0.29) is 12.0 Å². The van der Waals surface area contributed by atoms with Crippen LogP contribution in [0.5, 0.6) is 0 Å². The van der Waals surface area contributed by atoms with Crippen molar-refractivity contribution in [3.63, 3.8) is 0 Å². The Bertz CT molecular complexity index is 642. The lowest BCUT2D eigenvalue weighted by atomic mass is 9.79. The average Bonchev–Trinajstić information content (AvgIpc) is 2.48. The summed E-state index contributed by atoms with van der Waals surface area (Å²) in [6.07, 6.45) is 6.81. The Morgan fingerprint density at radius 1 is 1.27 bits per heavy atom. The number of hydrogen-bond donors (Lipinski definition) is 1. The minimum atomic E-state index is -1.25. The second-order valence-electron chi connectivity index (χ2n) is 5.35. The van der Waals surface area contributed by atoms with E-state index in [1.54, 1.807) is 18.2 Å². The number of aliphatic carboxylic acids is 1. The molecule has 1 N–H and O–H groups in total. The van der Waals surface area contributed by atoms with Gasteiger partial charge in [-0.3, -0.25) is 4.79 Å². The van der Waals surface area contributed by atoms with Crippen molar-refractivity contribution in [3.05, 3.63) is 72.4 Å². The molecule has 4 heteroatoms. The molecule has 1 aliphatic rings. The fourth-order valence-corrected chi connectivity index (χ4v) is 2.43. The summed E-state index contributed by atoms with van der Waals surface area (Å²) in [6.45, 7) is 5.10. The Hall–Kier alpha value is -2.62. The van der Waals surface area contributed by atoms with Gasteiger partial charge in [-0.1, -0.05) is 55.1 Å². The molecule has 0 radical (unpaired) electrons. The molecule has 2 rings (SSSR count). The summed E-state index contributed by atoms with van der Waals surface area (Å²) in [4.78, 5) is 23.6. The highest BCUT2D eigenvalue weighted by molar-refractivity contribution is 5.88. The van der Waals surface area contributed by atoms with Crippen LogP contribution in [0.4, 0.5) is 0 Å². The van der Waals surface area contributed by atoms with Crippen LogP contribution in [0.25, 0.3) is 0 Å². The predicted octanol–water partition coefficient (Wildman–Crippen LogP) is 2.91. The SMILES string of the molecule is C=C(C)C(=O)OC1(Cc2ccccc2)C=CC=CC1C(=O)O. The Morgan fingerprint density at radius 3 is 2.55 bits per heavy atom. The molecule has 0 amide bonds. The molecule has 114 valence electrons. The maximum absolute atomic E-state index is 12.0. The van der Waals surface area contributed by atoms with Gasteiger partial charge in [0.15, 0.2) is 5.60 Å². The van der Waals surface area contributed by atoms with E-state index >= 15 is 0 Å². The van der Waals surface area contributed by atoms with Gasteiger partial charge >= 0.3 is 11.9 Å². The zero-order valence-corrected chi connectivity index (χ0v) is 12.4. The molecule has 1 aliphatic carbocycles. The molecule has 2 atom stereocenters. The maximum Gasteiger partial charge on any atom is 0.334 e. The zero-order chi connectivity index (χ0) is 16.2. The largest absolute Gasteiger partial charge is 0.481 e. The van der Waals surface area contributed by atoms with Gasteiger partial charge in [0.1, 0.15) is 5.92 Å². The molecule has 0 saturated carbocycles. The summed E-state index contributed by atoms with van der Waals surface area (Å²) in [6, 6.07) is 9.35. The third-order valence-electron chi connectivity index (χ3n) is 3.54. The summed E-state index contributed by atoms with van der Waals surface area (Å²) in [5.74, 6) is -2.57. The van der Waals surface area contributed by atoms with Crippen molar-refractivity contribution >= 4 is 11.9 Å². The number of carboxylic acid groups (broad SMARTS) is 1. The summed E-state index contributed by atoms with van der Waals surface area (Å²) < 4.78 is 5.56. The molecule has 1 aromatic rings. The first kappa shape index (κ1) is 15.8. The van der Waals surface area contributed by atoms with Crippen molar-refractivity contribution in [2.45, 2.75) is 18.9 Å². The fourth-order valence-electron chi connectivity index (χ4n) is 2.43. The van der Waals surface area contributed by atoms with E-state index in [4.69, 9.17) is 4.74 Å². The minimum Gasteiger partial charge on any atom is -0.481 e. The highest BCUT2D eigenvalue weighted by Crippen LogP contribution is 2.33. The van der Waals surface area contributed by atoms with Gasteiger partial charge in [-0.05, 0) is 18.6 Å². The van der Waals surface area contributed by atoms with Crippen molar-refractivity contribution < 1.29 is 19.4 Å². The topological polar surface area (TPSA) is 63.6 Å². The Kier molecular flexibility index (Phi) is 4.61. The molecule has 4 nitrogen and oxygen atoms in total. The van der Waals surface area contributed by atoms with E-state index in [2.05, 4.69) is 6.58 Å². The lowest BCUT2D eigenvalue weighted by Crippen LogP contribution is -2.46. The van der Waals surface area contributed by atoms with Crippen molar-refractivity contribution in [2.24, 2.45) is 5.92 Å². The minimum absolute atomic E-state index is 0.236. The number of carboxylic acids is 1. The van der Waals surface area contributed by atoms with Gasteiger partial charge in [-0.2, -0.15) is 0 Å². The van der Waals surface area contributed by atoms with Crippen LogP contribution in [-0.2, 0) is 20.7 Å². The molecule has 0 aromatic heterocycles. The smallest absolute Gasteiger partial charge is 0.334 e. The second-order valence-corrected chi connectivity index (χ2v) is 5.35. The van der Waals surface area contributed by atoms with Gasteiger partial charge in [-0.15, -0.1) is 0 Å². The molecule has 1 aromatic carbocycles. The number of ether oxygens (including phenoxy) is 1. The molecular weight excluding hydrogens is 280 g/mol. The summed E-state index contributed by atoms with van der Waals surface area (Å²) in [5, 5.41) is 9.50. The number of hydrogen-bond acceptors (Lipinski definition) is 3. The first-order valence-electron chi connectivity index (χ1n) is 6.96. The van der Waals surface area contributed by atoms with Crippen LogP contribution in [0.15, 0.2) is 66.8 Å². The quantitative estimate of drug-likeness (QED) is 0.670. The van der Waals surface area contributed by atoms with Gasteiger partial charge in [0.05, 0.1) is 0 Å². The van der Waals surface area contributed by atoms with Gasteiger partial charge in [0.25, 0.3) is 0 Å². The van der Waals surface area contributed by atoms with Gasteiger partial charge < -0.3 is 9.84 Å². The highest BCUT2D eigenvalue weighted by Gasteiger charge is 2.44. The van der Waals surface area contributed by atoms with Gasteiger partial charge in [0, 0.05) is 12.0 Å². The molecule has 2 unspecified atom stereocenters. The lowest BCUT2D eigenvalue weighted by molar-refractivity contribution is -0.161. The third-order valence-corrected chi connectivity index (χ3v) is 3.54. The summed E-state index contributed by atoms with van der Waals surface area (Å²) in [7, 11) is 0. The Labute approximate surface area is 129 Å². The predicted molar refractivity (Wildman–Crippen MR) is 83.2 cm³/mol. The van der Waals surface area contributed by atoms with Crippen molar-refractivity contribution in [1.29, 1.82) is 0 Å². The summed E-state index contributed by atoms with van der Waals surface area (Å²) in [5.41, 5.74) is -0.124. The summed E-state index contributed by atoms with van der Waals surface area (Å²) >= 11 is 0. The number of carbonyl (C=O) groups is 2. The number of esters is 1. The number of benzene rings is 1. The normalized spacial score (nSPS) is 23.0. The van der Waals surface area contributed by atoms with Crippen molar-refractivity contribution in [1.82, 2.24) is 0 Å². The van der Waals surface area contributed by atoms with E-state index in [1.807, 2.05) is 30.3 Å². The van der Waals surface area contributed by atoms with E-state index in [0.29, 0.717) is 0 Å². The van der Waals surface area contributed by atoms with Crippen LogP contribution >= 0.6 is 0 Å². The van der Waals surface area contributed by atoms with Crippen LogP contribution in [0, 0.1) is 5.92 Å². The van der Waals surface area contributed by atoms with E-state index in [0.717, 1.165) is 5.56 Å². The molecule has 0 spiro atoms. The first-order chi connectivity index (χ1) is 10.4. The molecule has 0 saturated heterocycles. The van der Waals surface area contributed by atoms with Gasteiger partial charge in [-0.25, -0.2) is 4.79 Å². The van der Waals surface area contributed by atoms with E-state index in [9.17, 15) is 14.7 Å². The van der Waals surface area contributed by atoms with Crippen LogP contribution in [0.3, 0.4) is 0 Å². The van der Waals surface area contributed by atoms with Gasteiger partial charge in [0.2, 0.25) is 0 Å². The standard InChI is InChI=1S/C18H18O4/c1-13(2)17(21)22-18(12-14-8-4-3-5-9-14)11-7-6-10-15(18)16(19)20/h3-11,15H,1,12H2,2H3,(H,19,20). The van der Waals surface area contributed by atoms with Crippen molar-refractivity contribution in [2.75, 3.05) is 0 Å². The monoisotopic (exact) mass is 298 g/mol. The van der Waals surface area contributed by atoms with Crippen molar-refractivity contribution in [3.8, 4) is 0 Å². The molecule has 0 aliphatic heterocycles. The average molecular weight is 298 g/mol. The van der Waals surface area contributed by atoms with Crippen LogP contribution in [0.2, 0.25) is 0 Å². The van der Waals surface area contributed by atoms with E-state index < -0.39 is 23.5 Å². The zero-order valence-electron chi connectivity index (χ0n) is 12.4. The number of rotatable bonds is 5. The molecule has 22 heavy (non-hydrogen) atoms.